The molecule has 0 unspecified atom stereocenters. The highest BCUT2D eigenvalue weighted by molar-refractivity contribution is 5.90. The molecule has 8 heteroatoms. The number of carbonyl (C=O) groups is 1. The first-order chi connectivity index (χ1) is 13.3. The zero-order valence-corrected chi connectivity index (χ0v) is 14.8. The maximum absolute atomic E-state index is 12.1. The van der Waals surface area contributed by atoms with E-state index < -0.39 is 0 Å². The van der Waals surface area contributed by atoms with Gasteiger partial charge < -0.3 is 15.0 Å². The van der Waals surface area contributed by atoms with Crippen molar-refractivity contribution in [2.24, 2.45) is 0 Å². The lowest BCUT2D eigenvalue weighted by atomic mass is 10.2. The molecule has 1 aromatic heterocycles. The number of ether oxygens (including phenoxy) is 1. The number of para-hydroxylation sites is 1. The average Bonchev–Trinajstić information content (AvgIpc) is 3.18. The molecule has 138 valence electrons. The predicted octanol–water partition coefficient (Wildman–Crippen LogP) is 1.82. The Labute approximate surface area is 156 Å². The van der Waals surface area contributed by atoms with Crippen LogP contribution in [0.25, 0.3) is 11.4 Å². The SMILES string of the molecule is O=C(Cn1nnc(-c2ccc(N3CCOCC3)cc2)n1)Nc1ccccc1. The molecule has 8 nitrogen and oxygen atoms in total. The molecular formula is C19H20N6O2. The normalized spacial score (nSPS) is 14.1. The number of tetrazole rings is 1. The maximum Gasteiger partial charge on any atom is 0.248 e. The first-order valence-electron chi connectivity index (χ1n) is 8.84. The van der Waals surface area contributed by atoms with Crippen molar-refractivity contribution >= 4 is 17.3 Å². The van der Waals surface area contributed by atoms with Crippen LogP contribution in [0.3, 0.4) is 0 Å². The van der Waals surface area contributed by atoms with Gasteiger partial charge in [-0.25, -0.2) is 0 Å². The maximum atomic E-state index is 12.1. The molecule has 0 spiro atoms. The quantitative estimate of drug-likeness (QED) is 0.743. The highest BCUT2D eigenvalue weighted by atomic mass is 16.5. The van der Waals surface area contributed by atoms with Crippen LogP contribution in [0.4, 0.5) is 11.4 Å². The number of nitrogens with one attached hydrogen (secondary N) is 1. The zero-order chi connectivity index (χ0) is 18.5. The summed E-state index contributed by atoms with van der Waals surface area (Å²) in [6, 6.07) is 17.3. The van der Waals surface area contributed by atoms with E-state index in [0.717, 1.165) is 43.2 Å². The van der Waals surface area contributed by atoms with Gasteiger partial charge in [-0.2, -0.15) is 4.80 Å². The van der Waals surface area contributed by atoms with Crippen LogP contribution in [0.1, 0.15) is 0 Å². The van der Waals surface area contributed by atoms with Crippen LogP contribution in [0.2, 0.25) is 0 Å². The second-order valence-corrected chi connectivity index (χ2v) is 6.20. The molecule has 27 heavy (non-hydrogen) atoms. The van der Waals surface area contributed by atoms with Crippen LogP contribution in [-0.4, -0.2) is 52.4 Å². The molecule has 0 atom stereocenters. The van der Waals surface area contributed by atoms with Crippen LogP contribution in [0, 0.1) is 0 Å². The Bertz CT molecular complexity index is 888. The molecule has 2 aromatic carbocycles. The van der Waals surface area contributed by atoms with E-state index in [1.165, 1.54) is 4.80 Å². The molecule has 0 bridgehead atoms. The minimum absolute atomic E-state index is 0.00769. The first kappa shape index (κ1) is 17.2. The predicted molar refractivity (Wildman–Crippen MR) is 101 cm³/mol. The molecule has 3 aromatic rings. The van der Waals surface area contributed by atoms with Crippen molar-refractivity contribution < 1.29 is 9.53 Å². The largest absolute Gasteiger partial charge is 0.378 e. The van der Waals surface area contributed by atoms with Crippen molar-refractivity contribution in [3.8, 4) is 11.4 Å². The summed E-state index contributed by atoms with van der Waals surface area (Å²) in [5.41, 5.74) is 2.75. The third kappa shape index (κ3) is 4.29. The van der Waals surface area contributed by atoms with Crippen LogP contribution in [-0.2, 0) is 16.1 Å². The van der Waals surface area contributed by atoms with Gasteiger partial charge in [0.2, 0.25) is 11.7 Å². The fourth-order valence-electron chi connectivity index (χ4n) is 2.92. The summed E-state index contributed by atoms with van der Waals surface area (Å²) in [7, 11) is 0. The van der Waals surface area contributed by atoms with Crippen LogP contribution < -0.4 is 10.2 Å². The highest BCUT2D eigenvalue weighted by Crippen LogP contribution is 2.21. The second-order valence-electron chi connectivity index (χ2n) is 6.20. The summed E-state index contributed by atoms with van der Waals surface area (Å²) in [5, 5.41) is 15.1. The second kappa shape index (κ2) is 7.96. The topological polar surface area (TPSA) is 85.2 Å². The molecule has 4 rings (SSSR count). The van der Waals surface area contributed by atoms with E-state index in [1.54, 1.807) is 0 Å². The number of morpholine rings is 1. The Morgan fingerprint density at radius 3 is 2.52 bits per heavy atom. The molecule has 1 aliphatic heterocycles. The average molecular weight is 364 g/mol. The lowest BCUT2D eigenvalue weighted by molar-refractivity contribution is -0.117. The molecule has 1 N–H and O–H groups in total. The van der Waals surface area contributed by atoms with Crippen molar-refractivity contribution in [1.82, 2.24) is 20.2 Å². The minimum atomic E-state index is -0.201. The number of hydrogen-bond donors (Lipinski definition) is 1. The lowest BCUT2D eigenvalue weighted by Gasteiger charge is -2.28. The molecule has 1 saturated heterocycles. The summed E-state index contributed by atoms with van der Waals surface area (Å²) in [5.74, 6) is 0.295. The molecule has 0 aliphatic carbocycles. The van der Waals surface area contributed by atoms with E-state index >= 15 is 0 Å². The molecule has 2 heterocycles. The number of anilines is 2. The number of rotatable bonds is 5. The van der Waals surface area contributed by atoms with Crippen LogP contribution in [0.5, 0.6) is 0 Å². The summed E-state index contributed by atoms with van der Waals surface area (Å²) >= 11 is 0. The van der Waals surface area contributed by atoms with Gasteiger partial charge in [0.15, 0.2) is 0 Å². The third-order valence-electron chi connectivity index (χ3n) is 4.30. The molecule has 1 aliphatic rings. The zero-order valence-electron chi connectivity index (χ0n) is 14.8. The molecule has 1 fully saturated rings. The lowest BCUT2D eigenvalue weighted by Crippen LogP contribution is -2.36. The minimum Gasteiger partial charge on any atom is -0.378 e. The van der Waals surface area contributed by atoms with Crippen molar-refractivity contribution in [3.05, 3.63) is 54.6 Å². The van der Waals surface area contributed by atoms with Crippen molar-refractivity contribution in [3.63, 3.8) is 0 Å². The Hall–Kier alpha value is -3.26. The Morgan fingerprint density at radius 2 is 1.78 bits per heavy atom. The fourth-order valence-corrected chi connectivity index (χ4v) is 2.92. The van der Waals surface area contributed by atoms with Gasteiger partial charge in [0.05, 0.1) is 13.2 Å². The van der Waals surface area contributed by atoms with E-state index in [1.807, 2.05) is 54.6 Å². The number of carbonyl (C=O) groups excluding carboxylic acids is 1. The van der Waals surface area contributed by atoms with E-state index in [4.69, 9.17) is 4.74 Å². The van der Waals surface area contributed by atoms with Gasteiger partial charge in [-0.3, -0.25) is 4.79 Å². The Balaban J connectivity index is 1.39. The van der Waals surface area contributed by atoms with Crippen molar-refractivity contribution in [2.75, 3.05) is 36.5 Å². The Kier molecular flexibility index (Phi) is 5.06. The van der Waals surface area contributed by atoms with Crippen LogP contribution >= 0.6 is 0 Å². The number of amides is 1. The van der Waals surface area contributed by atoms with Crippen LogP contribution in [0.15, 0.2) is 54.6 Å². The van der Waals surface area contributed by atoms with Crippen molar-refractivity contribution in [2.45, 2.75) is 6.54 Å². The number of hydrogen-bond acceptors (Lipinski definition) is 6. The molecular weight excluding hydrogens is 344 g/mol. The summed E-state index contributed by atoms with van der Waals surface area (Å²) in [6.07, 6.45) is 0. The van der Waals surface area contributed by atoms with E-state index in [9.17, 15) is 4.79 Å². The smallest absolute Gasteiger partial charge is 0.248 e. The van der Waals surface area contributed by atoms with E-state index in [-0.39, 0.29) is 12.5 Å². The fraction of sp³-hybridized carbons (Fsp3) is 0.263. The van der Waals surface area contributed by atoms with Gasteiger partial charge in [-0.15, -0.1) is 10.2 Å². The van der Waals surface area contributed by atoms with E-state index in [0.29, 0.717) is 5.82 Å². The summed E-state index contributed by atoms with van der Waals surface area (Å²) in [4.78, 5) is 15.7. The van der Waals surface area contributed by atoms with Crippen molar-refractivity contribution in [1.29, 1.82) is 0 Å². The standard InChI is InChI=1S/C19H20N6O2/c26-18(20-16-4-2-1-3-5-16)14-25-22-19(21-23-25)15-6-8-17(9-7-15)24-10-12-27-13-11-24/h1-9H,10-14H2,(H,20,26). The molecule has 1 amide bonds. The summed E-state index contributed by atoms with van der Waals surface area (Å²) < 4.78 is 5.38. The summed E-state index contributed by atoms with van der Waals surface area (Å²) in [6.45, 7) is 3.30. The van der Waals surface area contributed by atoms with Gasteiger partial charge in [-0.05, 0) is 41.6 Å². The monoisotopic (exact) mass is 364 g/mol. The highest BCUT2D eigenvalue weighted by Gasteiger charge is 2.13. The first-order valence-corrected chi connectivity index (χ1v) is 8.84. The number of nitrogens with zero attached hydrogens (tertiary/aromatic N) is 5. The molecule has 0 saturated carbocycles. The number of benzene rings is 2. The number of aromatic nitrogens is 4. The third-order valence-corrected chi connectivity index (χ3v) is 4.30. The van der Waals surface area contributed by atoms with Gasteiger partial charge in [0.1, 0.15) is 6.54 Å². The van der Waals surface area contributed by atoms with Gasteiger partial charge in [-0.1, -0.05) is 18.2 Å². The van der Waals surface area contributed by atoms with Gasteiger partial charge in [0, 0.05) is 30.0 Å². The Morgan fingerprint density at radius 1 is 1.04 bits per heavy atom. The molecule has 0 radical (unpaired) electrons. The van der Waals surface area contributed by atoms with E-state index in [2.05, 4.69) is 25.6 Å². The van der Waals surface area contributed by atoms with Gasteiger partial charge >= 0.3 is 0 Å². The van der Waals surface area contributed by atoms with Gasteiger partial charge in [0.25, 0.3) is 0 Å².